The molecule has 0 bridgehead atoms. The van der Waals surface area contributed by atoms with Gasteiger partial charge >= 0.3 is 0 Å². The predicted octanol–water partition coefficient (Wildman–Crippen LogP) is 4.64. The van der Waals surface area contributed by atoms with Crippen molar-refractivity contribution in [1.82, 2.24) is 0 Å². The Labute approximate surface area is 190 Å². The molecule has 0 saturated heterocycles. The Morgan fingerprint density at radius 3 is 2.56 bits per heavy atom. The van der Waals surface area contributed by atoms with Gasteiger partial charge in [0.2, 0.25) is 0 Å². The Bertz CT molecular complexity index is 1070. The number of phenolic OH excluding ortho intramolecular Hbond substituents is 1. The zero-order valence-corrected chi connectivity index (χ0v) is 18.4. The molecule has 166 valence electrons. The van der Waals surface area contributed by atoms with E-state index in [0.29, 0.717) is 23.0 Å². The van der Waals surface area contributed by atoms with Crippen molar-refractivity contribution in [2.75, 3.05) is 19.5 Å². The van der Waals surface area contributed by atoms with E-state index in [1.807, 2.05) is 42.5 Å². The van der Waals surface area contributed by atoms with Crippen LogP contribution < -0.4 is 14.2 Å². The largest absolute Gasteiger partial charge is 0.507 e. The summed E-state index contributed by atoms with van der Waals surface area (Å²) in [7, 11) is 1.49. The molecular weight excluding hydrogens is 428 g/mol. The number of aliphatic hydroxyl groups is 1. The topological polar surface area (TPSA) is 85.2 Å². The molecule has 0 aromatic heterocycles. The van der Waals surface area contributed by atoms with Crippen molar-refractivity contribution in [2.24, 2.45) is 0 Å². The molecule has 1 heterocycles. The summed E-state index contributed by atoms with van der Waals surface area (Å²) in [5, 5.41) is 20.3. The number of Topliss-reactive ketones (excluding diaryl/α,β-unsaturated/α-hetero) is 1. The molecule has 1 aliphatic rings. The predicted molar refractivity (Wildman–Crippen MR) is 122 cm³/mol. The molecule has 0 radical (unpaired) electrons. The molecule has 2 N–H and O–H groups in total. The van der Waals surface area contributed by atoms with Crippen LogP contribution in [0.3, 0.4) is 0 Å². The lowest BCUT2D eigenvalue weighted by molar-refractivity contribution is 0.0844. The quantitative estimate of drug-likeness (QED) is 0.482. The van der Waals surface area contributed by atoms with Gasteiger partial charge in [-0.1, -0.05) is 30.3 Å². The smallest absolute Gasteiger partial charge is 0.174 e. The fraction of sp³-hybridized carbons (Fsp3) is 0.240. The molecule has 7 heteroatoms. The number of ketones is 1. The third-order valence-electron chi connectivity index (χ3n) is 5.09. The molecule has 32 heavy (non-hydrogen) atoms. The van der Waals surface area contributed by atoms with Crippen molar-refractivity contribution in [3.05, 3.63) is 77.9 Å². The minimum absolute atomic E-state index is 0.127. The minimum Gasteiger partial charge on any atom is -0.507 e. The number of thioether (sulfide) groups is 1. The molecular formula is C25H24O6S. The Balaban J connectivity index is 1.34. The molecule has 3 aromatic rings. The van der Waals surface area contributed by atoms with Gasteiger partial charge in [-0.2, -0.15) is 0 Å². The lowest BCUT2D eigenvalue weighted by atomic mass is 9.95. The van der Waals surface area contributed by atoms with Crippen LogP contribution >= 0.6 is 11.8 Å². The zero-order valence-electron chi connectivity index (χ0n) is 17.6. The third kappa shape index (κ3) is 5.18. The lowest BCUT2D eigenvalue weighted by Crippen LogP contribution is -2.21. The van der Waals surface area contributed by atoms with E-state index in [1.54, 1.807) is 30.0 Å². The Morgan fingerprint density at radius 1 is 1.09 bits per heavy atom. The number of ether oxygens (including phenoxy) is 3. The highest BCUT2D eigenvalue weighted by molar-refractivity contribution is 7.99. The summed E-state index contributed by atoms with van der Waals surface area (Å²) in [6.45, 7) is 0.185. The minimum atomic E-state index is -0.599. The van der Waals surface area contributed by atoms with Gasteiger partial charge in [-0.05, 0) is 29.8 Å². The van der Waals surface area contributed by atoms with Crippen LogP contribution in [0.25, 0.3) is 0 Å². The summed E-state index contributed by atoms with van der Waals surface area (Å²) in [5.41, 5.74) is 1.00. The van der Waals surface area contributed by atoms with E-state index in [9.17, 15) is 15.0 Å². The number of carbonyl (C=O) groups is 1. The average molecular weight is 453 g/mol. The first-order valence-corrected chi connectivity index (χ1v) is 11.2. The Morgan fingerprint density at radius 2 is 1.84 bits per heavy atom. The van der Waals surface area contributed by atoms with Crippen molar-refractivity contribution >= 4 is 17.5 Å². The molecule has 1 aliphatic heterocycles. The number of hydrogen-bond acceptors (Lipinski definition) is 7. The maximum atomic E-state index is 12.6. The van der Waals surface area contributed by atoms with Gasteiger partial charge in [0.05, 0.1) is 19.6 Å². The van der Waals surface area contributed by atoms with Gasteiger partial charge in [0.15, 0.2) is 5.78 Å². The van der Waals surface area contributed by atoms with E-state index >= 15 is 0 Å². The zero-order chi connectivity index (χ0) is 22.5. The molecule has 4 rings (SSSR count). The molecule has 0 spiro atoms. The normalized spacial score (nSPS) is 16.1. The van der Waals surface area contributed by atoms with Crippen LogP contribution in [0.5, 0.6) is 23.0 Å². The summed E-state index contributed by atoms with van der Waals surface area (Å²) in [6, 6.07) is 20.2. The maximum absolute atomic E-state index is 12.6. The summed E-state index contributed by atoms with van der Waals surface area (Å²) in [4.78, 5) is 13.7. The molecule has 2 atom stereocenters. The van der Waals surface area contributed by atoms with Crippen LogP contribution in [0, 0.1) is 0 Å². The number of fused-ring (bicyclic) bond motifs is 1. The van der Waals surface area contributed by atoms with E-state index in [1.165, 1.54) is 13.2 Å². The van der Waals surface area contributed by atoms with Crippen molar-refractivity contribution < 1.29 is 29.2 Å². The van der Waals surface area contributed by atoms with Gasteiger partial charge in [-0.15, -0.1) is 11.8 Å². The number of aliphatic hydroxyl groups excluding tert-OH is 1. The summed E-state index contributed by atoms with van der Waals surface area (Å²) in [5.74, 6) is 1.56. The summed E-state index contributed by atoms with van der Waals surface area (Å²) < 4.78 is 16.8. The molecule has 0 saturated carbocycles. The molecule has 0 fully saturated rings. The monoisotopic (exact) mass is 452 g/mol. The van der Waals surface area contributed by atoms with Gasteiger partial charge in [0, 0.05) is 22.8 Å². The highest BCUT2D eigenvalue weighted by atomic mass is 32.2. The van der Waals surface area contributed by atoms with Crippen LogP contribution in [0.15, 0.2) is 71.6 Å². The van der Waals surface area contributed by atoms with Gasteiger partial charge < -0.3 is 24.4 Å². The SMILES string of the molecule is COc1cc(O)c2c(c1)O[C@H](c1ccc(OCC(O)CSc3ccccc3)cc1)CC2=O. The maximum Gasteiger partial charge on any atom is 0.174 e. The van der Waals surface area contributed by atoms with Crippen LogP contribution in [-0.2, 0) is 0 Å². The summed E-state index contributed by atoms with van der Waals surface area (Å²) >= 11 is 1.58. The van der Waals surface area contributed by atoms with E-state index in [-0.39, 0.29) is 30.1 Å². The van der Waals surface area contributed by atoms with Crippen LogP contribution in [-0.4, -0.2) is 41.6 Å². The first-order chi connectivity index (χ1) is 15.5. The van der Waals surface area contributed by atoms with Crippen molar-refractivity contribution in [3.63, 3.8) is 0 Å². The van der Waals surface area contributed by atoms with Crippen LogP contribution in [0.4, 0.5) is 0 Å². The first-order valence-electron chi connectivity index (χ1n) is 10.2. The van der Waals surface area contributed by atoms with E-state index in [2.05, 4.69) is 0 Å². The number of aromatic hydroxyl groups is 1. The highest BCUT2D eigenvalue weighted by Gasteiger charge is 2.31. The molecule has 0 amide bonds. The number of carbonyl (C=O) groups excluding carboxylic acids is 1. The molecule has 0 aliphatic carbocycles. The fourth-order valence-corrected chi connectivity index (χ4v) is 4.28. The summed E-state index contributed by atoms with van der Waals surface area (Å²) in [6.07, 6.45) is -0.940. The molecule has 1 unspecified atom stereocenters. The van der Waals surface area contributed by atoms with Gasteiger partial charge in [-0.25, -0.2) is 0 Å². The van der Waals surface area contributed by atoms with Crippen LogP contribution in [0.2, 0.25) is 0 Å². The van der Waals surface area contributed by atoms with E-state index in [4.69, 9.17) is 14.2 Å². The average Bonchev–Trinajstić information content (AvgIpc) is 2.81. The molecule has 3 aromatic carbocycles. The fourth-order valence-electron chi connectivity index (χ4n) is 3.45. The number of phenols is 1. The Kier molecular flexibility index (Phi) is 6.87. The second-order valence-electron chi connectivity index (χ2n) is 7.41. The van der Waals surface area contributed by atoms with Crippen molar-refractivity contribution in [2.45, 2.75) is 23.5 Å². The van der Waals surface area contributed by atoms with Crippen molar-refractivity contribution in [3.8, 4) is 23.0 Å². The second kappa shape index (κ2) is 9.97. The van der Waals surface area contributed by atoms with Gasteiger partial charge in [-0.3, -0.25) is 4.79 Å². The number of hydrogen-bond donors (Lipinski definition) is 2. The van der Waals surface area contributed by atoms with Crippen molar-refractivity contribution in [1.29, 1.82) is 0 Å². The highest BCUT2D eigenvalue weighted by Crippen LogP contribution is 2.42. The van der Waals surface area contributed by atoms with Gasteiger partial charge in [0.1, 0.15) is 41.3 Å². The van der Waals surface area contributed by atoms with E-state index in [0.717, 1.165) is 10.5 Å². The number of methoxy groups -OCH3 is 1. The van der Waals surface area contributed by atoms with E-state index < -0.39 is 12.2 Å². The van der Waals surface area contributed by atoms with Crippen LogP contribution in [0.1, 0.15) is 28.4 Å². The number of rotatable bonds is 8. The standard InChI is InChI=1S/C25H24O6S/c1-29-19-11-21(27)25-22(28)13-23(31-24(25)12-19)16-7-9-18(10-8-16)30-14-17(26)15-32-20-5-3-2-4-6-20/h2-12,17,23,26-27H,13-15H2,1H3/t17?,23-/m0/s1. The molecule has 6 nitrogen and oxygen atoms in total. The Hall–Kier alpha value is -3.16. The first kappa shape index (κ1) is 22.0. The van der Waals surface area contributed by atoms with Gasteiger partial charge in [0.25, 0.3) is 0 Å². The third-order valence-corrected chi connectivity index (χ3v) is 6.25. The second-order valence-corrected chi connectivity index (χ2v) is 8.50. The number of benzene rings is 3. The lowest BCUT2D eigenvalue weighted by Gasteiger charge is -2.26.